The molecule has 178 valence electrons. The maximum absolute atomic E-state index is 13.6. The molecule has 0 N–H and O–H groups in total. The molecule has 3 aliphatic heterocycles. The van der Waals surface area contributed by atoms with Crippen LogP contribution in [0, 0.1) is 0 Å². The van der Waals surface area contributed by atoms with E-state index in [0.717, 1.165) is 16.3 Å². The number of imide groups is 1. The van der Waals surface area contributed by atoms with Crippen LogP contribution in [0.4, 0.5) is 10.5 Å². The Morgan fingerprint density at radius 1 is 0.971 bits per heavy atom. The van der Waals surface area contributed by atoms with Gasteiger partial charge in [-0.05, 0) is 35.6 Å². The highest BCUT2D eigenvalue weighted by molar-refractivity contribution is 6.25. The van der Waals surface area contributed by atoms with Gasteiger partial charge in [-0.2, -0.15) is 0 Å². The topological polar surface area (TPSA) is 79.4 Å². The van der Waals surface area contributed by atoms with E-state index in [-0.39, 0.29) is 36.3 Å². The van der Waals surface area contributed by atoms with Crippen LogP contribution >= 0.6 is 0 Å². The fourth-order valence-electron chi connectivity index (χ4n) is 5.84. The average molecular weight is 472 g/mol. The zero-order valence-corrected chi connectivity index (χ0v) is 19.5. The number of hydrogen-bond donors (Lipinski definition) is 0. The molecule has 3 heterocycles. The van der Waals surface area contributed by atoms with E-state index in [2.05, 4.69) is 0 Å². The number of rotatable bonds is 5. The Hall–Kier alpha value is -4.07. The molecular formula is C27H25N3O5. The highest BCUT2D eigenvalue weighted by Gasteiger charge is 2.62. The molecule has 0 spiro atoms. The molecule has 3 saturated heterocycles. The Labute approximate surface area is 202 Å². The summed E-state index contributed by atoms with van der Waals surface area (Å²) in [5.74, 6) is 0.841. The number of likely N-dealkylation sites (tertiary alicyclic amines) is 1. The Balaban J connectivity index is 1.26. The van der Waals surface area contributed by atoms with Crippen LogP contribution in [0.15, 0.2) is 60.7 Å². The predicted octanol–water partition coefficient (Wildman–Crippen LogP) is 3.22. The summed E-state index contributed by atoms with van der Waals surface area (Å²) >= 11 is 0. The summed E-state index contributed by atoms with van der Waals surface area (Å²) in [7, 11) is 3.12. The first-order valence-corrected chi connectivity index (χ1v) is 11.7. The number of nitrogens with zero attached hydrogens (tertiary/aromatic N) is 3. The molecule has 3 fully saturated rings. The van der Waals surface area contributed by atoms with Gasteiger partial charge in [-0.25, -0.2) is 9.69 Å². The predicted molar refractivity (Wildman–Crippen MR) is 130 cm³/mol. The van der Waals surface area contributed by atoms with Crippen molar-refractivity contribution in [2.45, 2.75) is 31.0 Å². The normalized spacial score (nSPS) is 22.8. The Morgan fingerprint density at radius 3 is 2.54 bits per heavy atom. The van der Waals surface area contributed by atoms with Gasteiger partial charge in [0, 0.05) is 11.9 Å². The third kappa shape index (κ3) is 3.16. The van der Waals surface area contributed by atoms with Gasteiger partial charge in [-0.1, -0.05) is 42.5 Å². The molecule has 2 bridgehead atoms. The third-order valence-electron chi connectivity index (χ3n) is 7.40. The van der Waals surface area contributed by atoms with Crippen LogP contribution in [0.5, 0.6) is 11.5 Å². The van der Waals surface area contributed by atoms with E-state index in [0.29, 0.717) is 30.2 Å². The zero-order valence-electron chi connectivity index (χ0n) is 19.5. The Morgan fingerprint density at radius 2 is 1.74 bits per heavy atom. The molecule has 0 radical (unpaired) electrons. The third-order valence-corrected chi connectivity index (χ3v) is 7.40. The molecule has 8 heteroatoms. The molecule has 8 nitrogen and oxygen atoms in total. The van der Waals surface area contributed by atoms with E-state index in [9.17, 15) is 14.4 Å². The van der Waals surface area contributed by atoms with Crippen LogP contribution in [0.1, 0.15) is 12.0 Å². The van der Waals surface area contributed by atoms with Crippen molar-refractivity contribution < 1.29 is 23.9 Å². The number of benzene rings is 3. The van der Waals surface area contributed by atoms with Crippen molar-refractivity contribution in [1.29, 1.82) is 0 Å². The van der Waals surface area contributed by atoms with Gasteiger partial charge in [0.15, 0.2) is 11.5 Å². The molecule has 3 atom stereocenters. The summed E-state index contributed by atoms with van der Waals surface area (Å²) in [5, 5.41) is 1.82. The fourth-order valence-corrected chi connectivity index (χ4v) is 5.84. The zero-order chi connectivity index (χ0) is 24.3. The molecular weight excluding hydrogens is 446 g/mol. The number of urea groups is 1. The number of amides is 4. The summed E-state index contributed by atoms with van der Waals surface area (Å²) in [6.07, 6.45) is 0.814. The minimum atomic E-state index is -0.644. The smallest absolute Gasteiger partial charge is 0.332 e. The van der Waals surface area contributed by atoms with Gasteiger partial charge in [0.2, 0.25) is 5.91 Å². The number of hydrogen-bond acceptors (Lipinski definition) is 5. The van der Waals surface area contributed by atoms with Crippen molar-refractivity contribution in [2.75, 3.05) is 25.7 Å². The second kappa shape index (κ2) is 8.01. The van der Waals surface area contributed by atoms with Crippen LogP contribution in [0.3, 0.4) is 0 Å². The molecule has 4 amide bonds. The number of anilines is 1. The summed E-state index contributed by atoms with van der Waals surface area (Å²) in [6, 6.07) is 17.3. The molecule has 3 aliphatic rings. The Bertz CT molecular complexity index is 1370. The highest BCUT2D eigenvalue weighted by Crippen LogP contribution is 2.43. The lowest BCUT2D eigenvalue weighted by molar-refractivity contribution is -0.135. The molecule has 3 aromatic rings. The van der Waals surface area contributed by atoms with E-state index >= 15 is 0 Å². The number of ether oxygens (including phenoxy) is 2. The lowest BCUT2D eigenvalue weighted by Gasteiger charge is -2.35. The summed E-state index contributed by atoms with van der Waals surface area (Å²) in [6.45, 7) is 0.440. The van der Waals surface area contributed by atoms with E-state index in [4.69, 9.17) is 9.47 Å². The molecule has 35 heavy (non-hydrogen) atoms. The SMILES string of the molecule is COc1ccc(CC(=O)N2CC3CC2C2C(=O)N(c4cccc5ccccc45)C(=O)N32)cc1OC. The molecule has 0 saturated carbocycles. The maximum Gasteiger partial charge on any atom is 0.332 e. The highest BCUT2D eigenvalue weighted by atomic mass is 16.5. The monoisotopic (exact) mass is 471 g/mol. The van der Waals surface area contributed by atoms with Crippen molar-refractivity contribution >= 4 is 34.3 Å². The molecule has 0 aliphatic carbocycles. The van der Waals surface area contributed by atoms with Gasteiger partial charge >= 0.3 is 6.03 Å². The van der Waals surface area contributed by atoms with Crippen molar-refractivity contribution in [3.63, 3.8) is 0 Å². The quantitative estimate of drug-likeness (QED) is 0.534. The lowest BCUT2D eigenvalue weighted by Crippen LogP contribution is -2.55. The maximum atomic E-state index is 13.6. The molecule has 6 rings (SSSR count). The summed E-state index contributed by atoms with van der Waals surface area (Å²) < 4.78 is 10.6. The second-order valence-corrected chi connectivity index (χ2v) is 9.18. The van der Waals surface area contributed by atoms with Crippen LogP contribution in [0.2, 0.25) is 0 Å². The van der Waals surface area contributed by atoms with E-state index in [1.54, 1.807) is 36.2 Å². The molecule has 3 unspecified atom stereocenters. The van der Waals surface area contributed by atoms with Crippen molar-refractivity contribution in [1.82, 2.24) is 9.80 Å². The second-order valence-electron chi connectivity index (χ2n) is 9.18. The number of piperazine rings is 1. The number of methoxy groups -OCH3 is 2. The number of carbonyl (C=O) groups is 3. The molecule has 0 aromatic heterocycles. The summed E-state index contributed by atoms with van der Waals surface area (Å²) in [4.78, 5) is 45.1. The number of carbonyl (C=O) groups excluding carboxylic acids is 3. The Kier molecular flexibility index (Phi) is 4.91. The summed E-state index contributed by atoms with van der Waals surface area (Å²) in [5.41, 5.74) is 1.40. The van der Waals surface area contributed by atoms with Crippen molar-refractivity contribution in [2.24, 2.45) is 0 Å². The van der Waals surface area contributed by atoms with E-state index in [1.807, 2.05) is 48.5 Å². The van der Waals surface area contributed by atoms with Gasteiger partial charge in [0.05, 0.1) is 38.4 Å². The van der Waals surface area contributed by atoms with Gasteiger partial charge in [0.25, 0.3) is 5.91 Å². The lowest BCUT2D eigenvalue weighted by atomic mass is 10.1. The minimum Gasteiger partial charge on any atom is -0.493 e. The van der Waals surface area contributed by atoms with E-state index in [1.165, 1.54) is 4.90 Å². The minimum absolute atomic E-state index is 0.0618. The van der Waals surface area contributed by atoms with Crippen LogP contribution in [0.25, 0.3) is 10.8 Å². The van der Waals surface area contributed by atoms with Gasteiger partial charge in [0.1, 0.15) is 6.04 Å². The fraction of sp³-hybridized carbons (Fsp3) is 0.296. The standard InChI is InChI=1S/C27H25N3O5/c1-34-22-11-10-16(12-23(22)35-2)13-24(31)28-15-18-14-21(28)25-26(32)30(27(33)29(18)25)20-9-5-7-17-6-3-4-8-19(17)20/h3-12,18,21,25H,13-15H2,1-2H3. The van der Waals surface area contributed by atoms with Gasteiger partial charge in [-0.15, -0.1) is 0 Å². The van der Waals surface area contributed by atoms with Crippen molar-refractivity contribution in [3.05, 3.63) is 66.2 Å². The van der Waals surface area contributed by atoms with Gasteiger partial charge in [-0.3, -0.25) is 9.59 Å². The first-order chi connectivity index (χ1) is 17.0. The van der Waals surface area contributed by atoms with Crippen LogP contribution in [-0.2, 0) is 16.0 Å². The van der Waals surface area contributed by atoms with E-state index < -0.39 is 6.04 Å². The average Bonchev–Trinajstić information content (AvgIpc) is 3.55. The first-order valence-electron chi connectivity index (χ1n) is 11.7. The van der Waals surface area contributed by atoms with Crippen LogP contribution in [-0.4, -0.2) is 66.5 Å². The molecule has 3 aromatic carbocycles. The van der Waals surface area contributed by atoms with Crippen molar-refractivity contribution in [3.8, 4) is 11.5 Å². The first kappa shape index (κ1) is 21.5. The van der Waals surface area contributed by atoms with Gasteiger partial charge < -0.3 is 19.3 Å². The number of fused-ring (bicyclic) bond motifs is 6. The largest absolute Gasteiger partial charge is 0.493 e. The van der Waals surface area contributed by atoms with Crippen LogP contribution < -0.4 is 14.4 Å².